The maximum Gasteiger partial charge on any atom is 0.247 e. The van der Waals surface area contributed by atoms with Gasteiger partial charge in [0, 0.05) is 11.1 Å². The molecule has 0 aromatic heterocycles. The van der Waals surface area contributed by atoms with Crippen molar-refractivity contribution in [2.45, 2.75) is 26.9 Å². The van der Waals surface area contributed by atoms with Gasteiger partial charge in [-0.25, -0.2) is 0 Å². The van der Waals surface area contributed by atoms with E-state index in [4.69, 9.17) is 0 Å². The summed E-state index contributed by atoms with van der Waals surface area (Å²) in [5.74, 6) is -0.556. The maximum atomic E-state index is 11.1. The highest BCUT2D eigenvalue weighted by Gasteiger charge is 2.10. The van der Waals surface area contributed by atoms with Crippen LogP contribution in [-0.4, -0.2) is 18.0 Å². The van der Waals surface area contributed by atoms with Crippen molar-refractivity contribution >= 4 is 11.8 Å². The monoisotopic (exact) mass is 196 g/mol. The number of amides is 2. The second kappa shape index (κ2) is 5.21. The molecule has 0 fully saturated rings. The van der Waals surface area contributed by atoms with Crippen LogP contribution in [0.3, 0.4) is 0 Å². The predicted molar refractivity (Wildman–Crippen MR) is 55.4 cm³/mol. The van der Waals surface area contributed by atoms with Crippen molar-refractivity contribution in [2.24, 2.45) is 0 Å². The summed E-state index contributed by atoms with van der Waals surface area (Å²) in [6.07, 6.45) is -0.427. The summed E-state index contributed by atoms with van der Waals surface area (Å²) in [6.45, 7) is 11.8. The lowest BCUT2D eigenvalue weighted by molar-refractivity contribution is -0.120. The van der Waals surface area contributed by atoms with E-state index in [-0.39, 0.29) is 11.8 Å². The highest BCUT2D eigenvalue weighted by atomic mass is 16.2. The summed E-state index contributed by atoms with van der Waals surface area (Å²) in [5.41, 5.74) is 0.808. The SMILES string of the molecule is C=C(C)C(=O)NC(C)NC(=O)C(=C)C. The van der Waals surface area contributed by atoms with E-state index in [0.29, 0.717) is 11.1 Å². The van der Waals surface area contributed by atoms with Crippen LogP contribution in [0.15, 0.2) is 24.3 Å². The van der Waals surface area contributed by atoms with Gasteiger partial charge in [0.05, 0.1) is 6.17 Å². The first-order valence-electron chi connectivity index (χ1n) is 4.27. The molecule has 0 aromatic rings. The summed E-state index contributed by atoms with van der Waals surface area (Å²) in [5, 5.41) is 5.11. The molecular weight excluding hydrogens is 180 g/mol. The van der Waals surface area contributed by atoms with Crippen molar-refractivity contribution in [3.8, 4) is 0 Å². The Labute approximate surface area is 84.1 Å². The Bertz CT molecular complexity index is 254. The fourth-order valence-electron chi connectivity index (χ4n) is 0.676. The molecule has 0 rings (SSSR count). The number of rotatable bonds is 4. The molecule has 0 aliphatic rings. The predicted octanol–water partition coefficient (Wildman–Crippen LogP) is 0.717. The van der Waals surface area contributed by atoms with Crippen molar-refractivity contribution < 1.29 is 9.59 Å². The summed E-state index contributed by atoms with van der Waals surface area (Å²) < 4.78 is 0. The van der Waals surface area contributed by atoms with Gasteiger partial charge in [-0.05, 0) is 20.8 Å². The van der Waals surface area contributed by atoms with Crippen molar-refractivity contribution in [2.75, 3.05) is 0 Å². The zero-order valence-electron chi connectivity index (χ0n) is 8.81. The molecule has 0 heterocycles. The Balaban J connectivity index is 4.05. The number of hydrogen-bond donors (Lipinski definition) is 2. The molecule has 0 aliphatic carbocycles. The third kappa shape index (κ3) is 4.45. The number of nitrogens with one attached hydrogen (secondary N) is 2. The average molecular weight is 196 g/mol. The van der Waals surface area contributed by atoms with Crippen LogP contribution in [0.5, 0.6) is 0 Å². The zero-order valence-corrected chi connectivity index (χ0v) is 8.81. The molecule has 0 radical (unpaired) electrons. The third-order valence-corrected chi connectivity index (χ3v) is 1.47. The van der Waals surface area contributed by atoms with Gasteiger partial charge in [0.15, 0.2) is 0 Å². The van der Waals surface area contributed by atoms with E-state index in [1.54, 1.807) is 20.8 Å². The van der Waals surface area contributed by atoms with Gasteiger partial charge in [0.1, 0.15) is 0 Å². The summed E-state index contributed by atoms with van der Waals surface area (Å²) >= 11 is 0. The Kier molecular flexibility index (Phi) is 4.63. The van der Waals surface area contributed by atoms with Gasteiger partial charge in [0.25, 0.3) is 0 Å². The first-order valence-corrected chi connectivity index (χ1v) is 4.27. The molecule has 2 amide bonds. The Hall–Kier alpha value is -1.58. The molecule has 0 atom stereocenters. The molecule has 0 spiro atoms. The van der Waals surface area contributed by atoms with E-state index in [1.165, 1.54) is 0 Å². The number of carbonyl (C=O) groups is 2. The van der Waals surface area contributed by atoms with Gasteiger partial charge in [-0.2, -0.15) is 0 Å². The smallest absolute Gasteiger partial charge is 0.247 e. The lowest BCUT2D eigenvalue weighted by atomic mass is 10.3. The van der Waals surface area contributed by atoms with Crippen molar-refractivity contribution in [1.82, 2.24) is 10.6 Å². The molecular formula is C10H16N2O2. The minimum atomic E-state index is -0.427. The van der Waals surface area contributed by atoms with Gasteiger partial charge < -0.3 is 10.6 Å². The van der Waals surface area contributed by atoms with Crippen LogP contribution in [0.2, 0.25) is 0 Å². The normalized spacial score (nSPS) is 9.43. The Morgan fingerprint density at radius 1 is 1.00 bits per heavy atom. The summed E-state index contributed by atoms with van der Waals surface area (Å²) in [4.78, 5) is 22.2. The van der Waals surface area contributed by atoms with E-state index in [1.807, 2.05) is 0 Å². The Morgan fingerprint density at radius 2 is 1.29 bits per heavy atom. The first-order chi connectivity index (χ1) is 6.34. The number of hydrogen-bond acceptors (Lipinski definition) is 2. The third-order valence-electron chi connectivity index (χ3n) is 1.47. The molecule has 4 nitrogen and oxygen atoms in total. The Morgan fingerprint density at radius 3 is 1.50 bits per heavy atom. The van der Waals surface area contributed by atoms with Crippen molar-refractivity contribution in [3.05, 3.63) is 24.3 Å². The summed E-state index contributed by atoms with van der Waals surface area (Å²) in [7, 11) is 0. The second-order valence-electron chi connectivity index (χ2n) is 3.23. The van der Waals surface area contributed by atoms with Gasteiger partial charge in [-0.15, -0.1) is 0 Å². The second-order valence-corrected chi connectivity index (χ2v) is 3.23. The van der Waals surface area contributed by atoms with E-state index < -0.39 is 6.17 Å². The molecule has 2 N–H and O–H groups in total. The van der Waals surface area contributed by atoms with Crippen LogP contribution < -0.4 is 10.6 Å². The summed E-state index contributed by atoms with van der Waals surface area (Å²) in [6, 6.07) is 0. The van der Waals surface area contributed by atoms with Gasteiger partial charge >= 0.3 is 0 Å². The van der Waals surface area contributed by atoms with Gasteiger partial charge in [-0.3, -0.25) is 9.59 Å². The van der Waals surface area contributed by atoms with Crippen LogP contribution in [0.25, 0.3) is 0 Å². The lowest BCUT2D eigenvalue weighted by Crippen LogP contribution is -2.46. The topological polar surface area (TPSA) is 58.2 Å². The molecule has 0 unspecified atom stereocenters. The van der Waals surface area contributed by atoms with Crippen LogP contribution in [0.1, 0.15) is 20.8 Å². The molecule has 4 heteroatoms. The minimum Gasteiger partial charge on any atom is -0.333 e. The van der Waals surface area contributed by atoms with Crippen LogP contribution in [0, 0.1) is 0 Å². The van der Waals surface area contributed by atoms with Gasteiger partial charge in [0.2, 0.25) is 11.8 Å². The molecule has 0 saturated carbocycles. The highest BCUT2D eigenvalue weighted by Crippen LogP contribution is 1.90. The van der Waals surface area contributed by atoms with Crippen LogP contribution in [-0.2, 0) is 9.59 Å². The minimum absolute atomic E-state index is 0.278. The standard InChI is InChI=1S/C10H16N2O2/c1-6(2)9(13)11-8(5)12-10(14)7(3)4/h8H,1,3H2,2,4-5H3,(H,11,13)(H,12,14). The first kappa shape index (κ1) is 12.4. The van der Waals surface area contributed by atoms with Crippen molar-refractivity contribution in [1.29, 1.82) is 0 Å². The average Bonchev–Trinajstić information content (AvgIpc) is 2.03. The highest BCUT2D eigenvalue weighted by molar-refractivity contribution is 5.94. The molecule has 14 heavy (non-hydrogen) atoms. The molecule has 78 valence electrons. The van der Waals surface area contributed by atoms with E-state index >= 15 is 0 Å². The molecule has 0 saturated heterocycles. The fraction of sp³-hybridized carbons (Fsp3) is 0.400. The van der Waals surface area contributed by atoms with E-state index in [0.717, 1.165) is 0 Å². The van der Waals surface area contributed by atoms with Gasteiger partial charge in [-0.1, -0.05) is 13.2 Å². The zero-order chi connectivity index (χ0) is 11.3. The van der Waals surface area contributed by atoms with Crippen molar-refractivity contribution in [3.63, 3.8) is 0 Å². The largest absolute Gasteiger partial charge is 0.333 e. The van der Waals surface area contributed by atoms with Crippen LogP contribution in [0.4, 0.5) is 0 Å². The van der Waals surface area contributed by atoms with E-state index in [9.17, 15) is 9.59 Å². The lowest BCUT2D eigenvalue weighted by Gasteiger charge is -2.15. The molecule has 0 bridgehead atoms. The quantitative estimate of drug-likeness (QED) is 0.514. The van der Waals surface area contributed by atoms with E-state index in [2.05, 4.69) is 23.8 Å². The fourth-order valence-corrected chi connectivity index (χ4v) is 0.676. The molecule has 0 aromatic carbocycles. The molecule has 0 aliphatic heterocycles. The number of carbonyl (C=O) groups excluding carboxylic acids is 2. The maximum absolute atomic E-state index is 11.1. The van der Waals surface area contributed by atoms with Crippen LogP contribution >= 0.6 is 0 Å².